The zero-order valence-corrected chi connectivity index (χ0v) is 28.2. The van der Waals surface area contributed by atoms with Crippen LogP contribution in [-0.4, -0.2) is 64.2 Å². The zero-order chi connectivity index (χ0) is 35.5. The topological polar surface area (TPSA) is 186 Å². The number of thioether (sulfide) groups is 1. The van der Waals surface area contributed by atoms with Crippen LogP contribution in [0.2, 0.25) is 0 Å². The van der Waals surface area contributed by atoms with E-state index in [1.807, 2.05) is 11.8 Å². The number of unbranched alkanes of at least 4 members (excludes halogenated alkanes) is 3. The Bertz CT molecular complexity index is 1720. The number of rotatable bonds is 17. The van der Waals surface area contributed by atoms with E-state index < -0.39 is 16.7 Å². The number of fused-ring (bicyclic) bond motifs is 1. The quantitative estimate of drug-likeness (QED) is 0.0273. The number of esters is 1. The average Bonchev–Trinajstić information content (AvgIpc) is 3.67. The van der Waals surface area contributed by atoms with Crippen molar-refractivity contribution in [1.29, 1.82) is 0 Å². The third-order valence-corrected chi connectivity index (χ3v) is 10.1. The maximum atomic E-state index is 13.3. The second kappa shape index (κ2) is 17.4. The molecule has 4 N–H and O–H groups in total. The van der Waals surface area contributed by atoms with Crippen molar-refractivity contribution in [3.8, 4) is 5.75 Å². The normalized spacial score (nSPS) is 17.6. The monoisotopic (exact) mass is 701 g/mol. The Morgan fingerprint density at radius 3 is 2.28 bits per heavy atom. The molecule has 2 aliphatic heterocycles. The summed E-state index contributed by atoms with van der Waals surface area (Å²) in [6.07, 6.45) is 5.75. The molecule has 0 aromatic heterocycles. The molecular weight excluding hydrogens is 662 g/mol. The van der Waals surface area contributed by atoms with Crippen LogP contribution in [0.25, 0.3) is 0 Å². The van der Waals surface area contributed by atoms with Crippen molar-refractivity contribution in [2.75, 3.05) is 17.6 Å². The lowest BCUT2D eigenvalue weighted by atomic mass is 9.98. The summed E-state index contributed by atoms with van der Waals surface area (Å²) in [4.78, 5) is 72.6. The molecule has 4 amide bonds. The van der Waals surface area contributed by atoms with Crippen LogP contribution in [0.1, 0.15) is 77.6 Å². The summed E-state index contributed by atoms with van der Waals surface area (Å²) < 4.78 is 5.34. The van der Waals surface area contributed by atoms with E-state index in [1.165, 1.54) is 36.4 Å². The zero-order valence-electron chi connectivity index (χ0n) is 27.4. The van der Waals surface area contributed by atoms with Crippen LogP contribution in [0.3, 0.4) is 0 Å². The minimum Gasteiger partial charge on any atom is -0.423 e. The van der Waals surface area contributed by atoms with Gasteiger partial charge in [-0.15, -0.1) is 0 Å². The lowest BCUT2D eigenvalue weighted by molar-refractivity contribution is -0.384. The van der Waals surface area contributed by atoms with Gasteiger partial charge in [0.05, 0.1) is 22.6 Å². The number of nitro benzene ring substituents is 1. The van der Waals surface area contributed by atoms with Gasteiger partial charge in [-0.2, -0.15) is 11.8 Å². The summed E-state index contributed by atoms with van der Waals surface area (Å²) in [5, 5.41) is 23.0. The molecule has 2 aliphatic rings. The molecule has 0 bridgehead atoms. The van der Waals surface area contributed by atoms with Crippen LogP contribution in [0, 0.1) is 10.1 Å². The molecule has 0 radical (unpaired) electrons. The number of nitrogens with zero attached hydrogens (tertiary/aromatic N) is 1. The number of hydrogen-bond donors (Lipinski definition) is 4. The summed E-state index contributed by atoms with van der Waals surface area (Å²) in [6.45, 7) is 0.563. The van der Waals surface area contributed by atoms with Crippen molar-refractivity contribution in [2.45, 2.75) is 68.7 Å². The number of benzene rings is 3. The fraction of sp³-hybridized carbons (Fsp3) is 0.361. The molecule has 2 saturated heterocycles. The van der Waals surface area contributed by atoms with Crippen LogP contribution in [0.5, 0.6) is 5.75 Å². The number of urea groups is 1. The first-order chi connectivity index (χ1) is 24.2. The van der Waals surface area contributed by atoms with Crippen LogP contribution < -0.4 is 26.0 Å². The molecule has 3 atom stereocenters. The Morgan fingerprint density at radius 1 is 0.840 bits per heavy atom. The lowest BCUT2D eigenvalue weighted by Crippen LogP contribution is -2.36. The smallest absolute Gasteiger partial charge is 0.344 e. The molecule has 2 fully saturated rings. The maximum absolute atomic E-state index is 13.3. The predicted octanol–water partition coefficient (Wildman–Crippen LogP) is 5.39. The number of carbonyl (C=O) groups excluding carboxylic acids is 5. The van der Waals surface area contributed by atoms with Gasteiger partial charge in [-0.3, -0.25) is 24.5 Å². The molecule has 0 saturated carbocycles. The highest BCUT2D eigenvalue weighted by Crippen LogP contribution is 2.33. The first-order valence-corrected chi connectivity index (χ1v) is 17.7. The van der Waals surface area contributed by atoms with E-state index in [0.717, 1.165) is 37.9 Å². The number of amides is 4. The molecule has 5 rings (SSSR count). The average molecular weight is 702 g/mol. The van der Waals surface area contributed by atoms with Crippen molar-refractivity contribution in [3.05, 3.63) is 99.6 Å². The summed E-state index contributed by atoms with van der Waals surface area (Å²) >= 11 is 1.88. The first-order valence-electron chi connectivity index (χ1n) is 16.6. The van der Waals surface area contributed by atoms with E-state index in [9.17, 15) is 34.1 Å². The molecule has 2 heterocycles. The molecule has 0 spiro atoms. The first kappa shape index (κ1) is 36.1. The van der Waals surface area contributed by atoms with Crippen molar-refractivity contribution < 1.29 is 33.6 Å². The van der Waals surface area contributed by atoms with Crippen molar-refractivity contribution in [1.82, 2.24) is 16.0 Å². The summed E-state index contributed by atoms with van der Waals surface area (Å²) in [5.74, 6) is -0.287. The Hall–Kier alpha value is -5.24. The Balaban J connectivity index is 0.967. The summed E-state index contributed by atoms with van der Waals surface area (Å²) in [6, 6.07) is 17.9. The van der Waals surface area contributed by atoms with E-state index in [4.69, 9.17) is 4.74 Å². The molecule has 262 valence electrons. The fourth-order valence-corrected chi connectivity index (χ4v) is 7.46. The van der Waals surface area contributed by atoms with Crippen LogP contribution >= 0.6 is 11.8 Å². The van der Waals surface area contributed by atoms with Crippen molar-refractivity contribution in [2.24, 2.45) is 0 Å². The van der Waals surface area contributed by atoms with E-state index in [1.54, 1.807) is 36.4 Å². The van der Waals surface area contributed by atoms with E-state index >= 15 is 0 Å². The Kier molecular flexibility index (Phi) is 12.6. The molecule has 3 aromatic carbocycles. The van der Waals surface area contributed by atoms with Gasteiger partial charge in [0.1, 0.15) is 5.75 Å². The standard InChI is InChI=1S/C36H39N5O8S/c42-31(11-6-5-10-30-33-29(22-50-30)39-36(46)40-33)37-21-7-1-2-12-32(43)38-24-15-13-23(14-16-24)34(44)27-8-3-4-9-28(27)35(45)49-26-19-17-25(18-20-26)41(47)48/h3-4,8-9,13-20,29-30,33H,1-2,5-7,10-12,21-22H2,(H,37,42)(H,38,43)(H2,39,40,46)/t29-,30-,33-/m0/s1. The highest BCUT2D eigenvalue weighted by atomic mass is 32.2. The van der Waals surface area contributed by atoms with Crippen LogP contribution in [0.15, 0.2) is 72.8 Å². The van der Waals surface area contributed by atoms with E-state index in [-0.39, 0.29) is 52.5 Å². The minimum atomic E-state index is -0.780. The number of nitro groups is 1. The second-order valence-electron chi connectivity index (χ2n) is 12.2. The van der Waals surface area contributed by atoms with Gasteiger partial charge < -0.3 is 26.0 Å². The largest absolute Gasteiger partial charge is 0.423 e. The molecule has 50 heavy (non-hydrogen) atoms. The number of non-ortho nitro benzene ring substituents is 1. The molecule has 3 aromatic rings. The molecular formula is C36H39N5O8S. The van der Waals surface area contributed by atoms with Crippen LogP contribution in [0.4, 0.5) is 16.2 Å². The number of nitrogens with one attached hydrogen (secondary N) is 4. The Labute approximate surface area is 293 Å². The van der Waals surface area contributed by atoms with Crippen LogP contribution in [-0.2, 0) is 9.59 Å². The number of ketones is 1. The van der Waals surface area contributed by atoms with E-state index in [0.29, 0.717) is 42.3 Å². The number of carbonyl (C=O) groups is 5. The second-order valence-corrected chi connectivity index (χ2v) is 13.4. The SMILES string of the molecule is O=C(CCCC[C@@H]1SC[C@@H]2NC(=O)N[C@@H]21)NCCCCCC(=O)Nc1ccc(C(=O)c2ccccc2C(=O)Oc2ccc([N+](=O)[O-])cc2)cc1. The molecule has 13 nitrogen and oxygen atoms in total. The molecule has 14 heteroatoms. The third-order valence-electron chi connectivity index (χ3n) is 8.56. The molecule has 0 unspecified atom stereocenters. The van der Waals surface area contributed by atoms with Gasteiger partial charge in [-0.05, 0) is 68.1 Å². The Morgan fingerprint density at radius 2 is 1.54 bits per heavy atom. The van der Waals surface area contributed by atoms with Gasteiger partial charge in [0.25, 0.3) is 5.69 Å². The van der Waals surface area contributed by atoms with Crippen molar-refractivity contribution >= 4 is 52.7 Å². The lowest BCUT2D eigenvalue weighted by Gasteiger charge is -2.16. The van der Waals surface area contributed by atoms with E-state index in [2.05, 4.69) is 21.3 Å². The van der Waals surface area contributed by atoms with Gasteiger partial charge in [-0.1, -0.05) is 31.0 Å². The number of ether oxygens (including phenoxy) is 1. The predicted molar refractivity (Wildman–Crippen MR) is 188 cm³/mol. The fourth-order valence-electron chi connectivity index (χ4n) is 5.92. The summed E-state index contributed by atoms with van der Waals surface area (Å²) in [7, 11) is 0. The van der Waals surface area contributed by atoms with Gasteiger partial charge in [0, 0.05) is 59.3 Å². The third kappa shape index (κ3) is 9.91. The van der Waals surface area contributed by atoms with Gasteiger partial charge >= 0.3 is 12.0 Å². The number of hydrogen-bond acceptors (Lipinski definition) is 9. The molecule has 0 aliphatic carbocycles. The van der Waals surface area contributed by atoms with Gasteiger partial charge in [-0.25, -0.2) is 9.59 Å². The van der Waals surface area contributed by atoms with Gasteiger partial charge in [0.2, 0.25) is 11.8 Å². The summed E-state index contributed by atoms with van der Waals surface area (Å²) in [5.41, 5.74) is 0.862. The highest BCUT2D eigenvalue weighted by molar-refractivity contribution is 8.00. The van der Waals surface area contributed by atoms with Crippen molar-refractivity contribution in [3.63, 3.8) is 0 Å². The number of anilines is 1. The highest BCUT2D eigenvalue weighted by Gasteiger charge is 2.42. The maximum Gasteiger partial charge on any atom is 0.344 e. The minimum absolute atomic E-state index is 0.0307. The van der Waals surface area contributed by atoms with Gasteiger partial charge in [0.15, 0.2) is 5.78 Å².